The van der Waals surface area contributed by atoms with Gasteiger partial charge in [0.2, 0.25) is 5.91 Å². The molecule has 0 aliphatic carbocycles. The van der Waals surface area contributed by atoms with Gasteiger partial charge in [0.25, 0.3) is 0 Å². The van der Waals surface area contributed by atoms with Crippen LogP contribution in [0.5, 0.6) is 0 Å². The van der Waals surface area contributed by atoms with Gasteiger partial charge >= 0.3 is 6.09 Å². The molecule has 0 aromatic carbocycles. The van der Waals surface area contributed by atoms with Gasteiger partial charge in [-0.25, -0.2) is 4.79 Å². The number of nitrogens with one attached hydrogen (secondary N) is 2. The third kappa shape index (κ3) is 5.46. The molecule has 19 heavy (non-hydrogen) atoms. The highest BCUT2D eigenvalue weighted by atomic mass is 16.6. The van der Waals surface area contributed by atoms with E-state index in [4.69, 9.17) is 4.74 Å². The number of nitrogens with zero attached hydrogens (tertiary/aromatic N) is 1. The Hall–Kier alpha value is -1.30. The van der Waals surface area contributed by atoms with Gasteiger partial charge in [-0.1, -0.05) is 0 Å². The van der Waals surface area contributed by atoms with Gasteiger partial charge in [-0.3, -0.25) is 4.79 Å². The lowest BCUT2D eigenvalue weighted by atomic mass is 10.2. The number of carbonyl (C=O) groups excluding carboxylic acids is 2. The van der Waals surface area contributed by atoms with Gasteiger partial charge in [0.15, 0.2) is 0 Å². The van der Waals surface area contributed by atoms with Crippen LogP contribution in [-0.2, 0) is 9.53 Å². The van der Waals surface area contributed by atoms with E-state index in [-0.39, 0.29) is 24.6 Å². The summed E-state index contributed by atoms with van der Waals surface area (Å²) in [4.78, 5) is 24.9. The standard InChI is InChI=1S/C13H25N3O3/c1-13(2,3)19-12(18)16-7-5-6-10(16)8-15-9-11(17)14-4/h10,15H,5-9H2,1-4H3,(H,14,17). The molecule has 110 valence electrons. The molecule has 0 spiro atoms. The molecule has 1 rings (SSSR count). The molecule has 1 atom stereocenters. The van der Waals surface area contributed by atoms with Crippen LogP contribution in [0.1, 0.15) is 33.6 Å². The van der Waals surface area contributed by atoms with E-state index in [0.717, 1.165) is 19.4 Å². The molecule has 6 nitrogen and oxygen atoms in total. The number of rotatable bonds is 4. The Bertz CT molecular complexity index is 326. The second-order valence-electron chi connectivity index (χ2n) is 5.77. The van der Waals surface area contributed by atoms with Crippen LogP contribution in [0.15, 0.2) is 0 Å². The van der Waals surface area contributed by atoms with E-state index in [1.165, 1.54) is 0 Å². The minimum absolute atomic E-state index is 0.0539. The van der Waals surface area contributed by atoms with Crippen molar-refractivity contribution in [3.05, 3.63) is 0 Å². The number of likely N-dealkylation sites (N-methyl/N-ethyl adjacent to an activating group) is 1. The van der Waals surface area contributed by atoms with Crippen LogP contribution in [0.2, 0.25) is 0 Å². The van der Waals surface area contributed by atoms with Crippen molar-refractivity contribution < 1.29 is 14.3 Å². The van der Waals surface area contributed by atoms with Crippen LogP contribution >= 0.6 is 0 Å². The van der Waals surface area contributed by atoms with Gasteiger partial charge in [0.05, 0.1) is 6.54 Å². The summed E-state index contributed by atoms with van der Waals surface area (Å²) in [5.74, 6) is -0.0539. The summed E-state index contributed by atoms with van der Waals surface area (Å²) in [6, 6.07) is 0.111. The molecule has 2 amide bonds. The van der Waals surface area contributed by atoms with Gasteiger partial charge in [0.1, 0.15) is 5.60 Å². The van der Waals surface area contributed by atoms with Gasteiger partial charge in [-0.2, -0.15) is 0 Å². The highest BCUT2D eigenvalue weighted by molar-refractivity contribution is 5.77. The lowest BCUT2D eigenvalue weighted by Crippen LogP contribution is -2.45. The maximum atomic E-state index is 12.0. The van der Waals surface area contributed by atoms with E-state index in [1.807, 2.05) is 20.8 Å². The van der Waals surface area contributed by atoms with Crippen LogP contribution in [0.3, 0.4) is 0 Å². The molecule has 1 unspecified atom stereocenters. The van der Waals surface area contributed by atoms with Crippen LogP contribution in [0.25, 0.3) is 0 Å². The second kappa shape index (κ2) is 6.75. The normalized spacial score (nSPS) is 19.4. The largest absolute Gasteiger partial charge is 0.444 e. The van der Waals surface area contributed by atoms with Gasteiger partial charge in [0, 0.05) is 26.2 Å². The van der Waals surface area contributed by atoms with E-state index in [1.54, 1.807) is 11.9 Å². The maximum absolute atomic E-state index is 12.0. The molecule has 6 heteroatoms. The first-order valence-electron chi connectivity index (χ1n) is 6.74. The SMILES string of the molecule is CNC(=O)CNCC1CCCN1C(=O)OC(C)(C)C. The third-order valence-corrected chi connectivity index (χ3v) is 2.95. The maximum Gasteiger partial charge on any atom is 0.410 e. The molecule has 2 N–H and O–H groups in total. The highest BCUT2D eigenvalue weighted by Gasteiger charge is 2.31. The molecule has 1 aliphatic rings. The number of hydrogen-bond donors (Lipinski definition) is 2. The van der Waals surface area contributed by atoms with E-state index < -0.39 is 5.60 Å². The van der Waals surface area contributed by atoms with Crippen LogP contribution in [0, 0.1) is 0 Å². The highest BCUT2D eigenvalue weighted by Crippen LogP contribution is 2.20. The zero-order valence-electron chi connectivity index (χ0n) is 12.3. The summed E-state index contributed by atoms with van der Waals surface area (Å²) < 4.78 is 5.38. The Morgan fingerprint density at radius 3 is 2.63 bits per heavy atom. The fourth-order valence-electron chi connectivity index (χ4n) is 2.05. The summed E-state index contributed by atoms with van der Waals surface area (Å²) in [5.41, 5.74) is -0.472. The number of hydrogen-bond acceptors (Lipinski definition) is 4. The molecule has 0 radical (unpaired) electrons. The summed E-state index contributed by atoms with van der Waals surface area (Å²) >= 11 is 0. The van der Waals surface area contributed by atoms with Crippen molar-refractivity contribution in [2.45, 2.75) is 45.3 Å². The Kier molecular flexibility index (Phi) is 5.60. The monoisotopic (exact) mass is 271 g/mol. The molecule has 0 bridgehead atoms. The van der Waals surface area contributed by atoms with E-state index in [2.05, 4.69) is 10.6 Å². The minimum Gasteiger partial charge on any atom is -0.444 e. The minimum atomic E-state index is -0.472. The second-order valence-corrected chi connectivity index (χ2v) is 5.77. The van der Waals surface area contributed by atoms with E-state index in [9.17, 15) is 9.59 Å². The Morgan fingerprint density at radius 2 is 2.05 bits per heavy atom. The number of likely N-dealkylation sites (tertiary alicyclic amines) is 1. The predicted molar refractivity (Wildman–Crippen MR) is 72.9 cm³/mol. The van der Waals surface area contributed by atoms with Crippen LogP contribution in [-0.4, -0.2) is 55.2 Å². The smallest absolute Gasteiger partial charge is 0.410 e. The van der Waals surface area contributed by atoms with Crippen molar-refractivity contribution >= 4 is 12.0 Å². The van der Waals surface area contributed by atoms with Crippen molar-refractivity contribution in [3.8, 4) is 0 Å². The molecule has 0 saturated carbocycles. The first-order chi connectivity index (χ1) is 8.83. The molecule has 1 heterocycles. The zero-order valence-corrected chi connectivity index (χ0v) is 12.3. The van der Waals surface area contributed by atoms with Crippen molar-refractivity contribution in [2.75, 3.05) is 26.7 Å². The molecular formula is C13H25N3O3. The third-order valence-electron chi connectivity index (χ3n) is 2.95. The fraction of sp³-hybridized carbons (Fsp3) is 0.846. The van der Waals surface area contributed by atoms with Gasteiger partial charge < -0.3 is 20.3 Å². The number of carbonyl (C=O) groups is 2. The lowest BCUT2D eigenvalue weighted by Gasteiger charge is -2.28. The number of ether oxygens (including phenoxy) is 1. The van der Waals surface area contributed by atoms with E-state index >= 15 is 0 Å². The first kappa shape index (κ1) is 15.8. The topological polar surface area (TPSA) is 70.7 Å². The Balaban J connectivity index is 2.41. The first-order valence-corrected chi connectivity index (χ1v) is 6.74. The quantitative estimate of drug-likeness (QED) is 0.790. The molecule has 1 fully saturated rings. The summed E-state index contributed by atoms with van der Waals surface area (Å²) in [6.45, 7) is 7.20. The Labute approximate surface area is 114 Å². The summed E-state index contributed by atoms with van der Waals surface area (Å²) in [5, 5.41) is 5.61. The molecule has 1 aliphatic heterocycles. The zero-order chi connectivity index (χ0) is 14.5. The average Bonchev–Trinajstić information content (AvgIpc) is 2.75. The predicted octanol–water partition coefficient (Wildman–Crippen LogP) is 0.721. The van der Waals surface area contributed by atoms with Crippen LogP contribution < -0.4 is 10.6 Å². The lowest BCUT2D eigenvalue weighted by molar-refractivity contribution is -0.119. The van der Waals surface area contributed by atoms with Crippen molar-refractivity contribution in [1.29, 1.82) is 0 Å². The van der Waals surface area contributed by atoms with Gasteiger partial charge in [-0.05, 0) is 33.6 Å². The molecule has 0 aromatic heterocycles. The van der Waals surface area contributed by atoms with E-state index in [0.29, 0.717) is 6.54 Å². The van der Waals surface area contributed by atoms with Crippen molar-refractivity contribution in [1.82, 2.24) is 15.5 Å². The molecule has 0 aromatic rings. The fourth-order valence-corrected chi connectivity index (χ4v) is 2.05. The van der Waals surface area contributed by atoms with Gasteiger partial charge in [-0.15, -0.1) is 0 Å². The summed E-state index contributed by atoms with van der Waals surface area (Å²) in [6.07, 6.45) is 1.66. The van der Waals surface area contributed by atoms with Crippen molar-refractivity contribution in [2.24, 2.45) is 0 Å². The molecule has 1 saturated heterocycles. The molecular weight excluding hydrogens is 246 g/mol. The summed E-state index contributed by atoms with van der Waals surface area (Å²) in [7, 11) is 1.60. The average molecular weight is 271 g/mol. The van der Waals surface area contributed by atoms with Crippen molar-refractivity contribution in [3.63, 3.8) is 0 Å². The number of amides is 2. The Morgan fingerprint density at radius 1 is 1.37 bits per heavy atom. The van der Waals surface area contributed by atoms with Crippen LogP contribution in [0.4, 0.5) is 4.79 Å².